The molecule has 0 spiro atoms. The Morgan fingerprint density at radius 3 is 3.00 bits per heavy atom. The second-order valence-electron chi connectivity index (χ2n) is 5.65. The number of aromatic nitrogens is 1. The maximum atomic E-state index is 5.70. The zero-order valence-electron chi connectivity index (χ0n) is 11.3. The fraction of sp³-hybridized carbons (Fsp3) is 0.733. The van der Waals surface area contributed by atoms with E-state index in [1.165, 1.54) is 31.2 Å². The largest absolute Gasteiger partial charge is 0.376 e. The Morgan fingerprint density at radius 2 is 2.33 bits per heavy atom. The van der Waals surface area contributed by atoms with E-state index in [0.29, 0.717) is 12.1 Å². The normalized spacial score (nSPS) is 25.5. The number of rotatable bonds is 6. The van der Waals surface area contributed by atoms with Gasteiger partial charge in [-0.3, -0.25) is 0 Å². The van der Waals surface area contributed by atoms with Crippen LogP contribution in [0.4, 0.5) is 0 Å². The zero-order valence-corrected chi connectivity index (χ0v) is 11.3. The van der Waals surface area contributed by atoms with E-state index in [2.05, 4.69) is 35.3 Å². The van der Waals surface area contributed by atoms with Crippen LogP contribution in [-0.4, -0.2) is 23.8 Å². The number of nitrogens with zero attached hydrogens (tertiary/aromatic N) is 1. The van der Waals surface area contributed by atoms with Crippen LogP contribution in [-0.2, 0) is 11.3 Å². The van der Waals surface area contributed by atoms with Gasteiger partial charge in [-0.2, -0.15) is 0 Å². The van der Waals surface area contributed by atoms with Gasteiger partial charge in [0.05, 0.1) is 6.10 Å². The third kappa shape index (κ3) is 2.78. The maximum absolute atomic E-state index is 5.70. The lowest BCUT2D eigenvalue weighted by Crippen LogP contribution is -2.22. The number of ether oxygens (including phenoxy) is 1. The molecule has 3 heteroatoms. The second-order valence-corrected chi connectivity index (χ2v) is 5.65. The molecule has 0 amide bonds. The van der Waals surface area contributed by atoms with Gasteiger partial charge in [0.2, 0.25) is 0 Å². The average molecular weight is 248 g/mol. The van der Waals surface area contributed by atoms with E-state index in [4.69, 9.17) is 4.74 Å². The Hall–Kier alpha value is -0.800. The van der Waals surface area contributed by atoms with Crippen LogP contribution in [0.25, 0.3) is 0 Å². The molecule has 18 heavy (non-hydrogen) atoms. The van der Waals surface area contributed by atoms with Gasteiger partial charge in [-0.15, -0.1) is 0 Å². The standard InChI is InChI=1S/C15H24N2O/c1-2-16-15(12-5-6-12)13-7-8-17(10-13)11-14-4-3-9-18-14/h7-8,10,12,14-16H,2-6,9,11H2,1H3. The van der Waals surface area contributed by atoms with Crippen molar-refractivity contribution in [3.8, 4) is 0 Å². The summed E-state index contributed by atoms with van der Waals surface area (Å²) in [5, 5.41) is 3.62. The molecular formula is C15H24N2O. The van der Waals surface area contributed by atoms with Crippen molar-refractivity contribution in [2.75, 3.05) is 13.2 Å². The Labute approximate surface area is 110 Å². The van der Waals surface area contributed by atoms with E-state index in [0.717, 1.165) is 25.6 Å². The third-order valence-corrected chi connectivity index (χ3v) is 4.09. The molecule has 0 bridgehead atoms. The quantitative estimate of drug-likeness (QED) is 0.837. The molecule has 3 nitrogen and oxygen atoms in total. The van der Waals surface area contributed by atoms with Gasteiger partial charge in [-0.1, -0.05) is 6.92 Å². The minimum Gasteiger partial charge on any atom is -0.376 e. The van der Waals surface area contributed by atoms with Crippen molar-refractivity contribution < 1.29 is 4.74 Å². The summed E-state index contributed by atoms with van der Waals surface area (Å²) in [6.07, 6.45) is 10.2. The fourth-order valence-electron chi connectivity index (χ4n) is 2.99. The maximum Gasteiger partial charge on any atom is 0.0754 e. The van der Waals surface area contributed by atoms with Crippen molar-refractivity contribution in [2.24, 2.45) is 5.92 Å². The fourth-order valence-corrected chi connectivity index (χ4v) is 2.99. The first-order valence-electron chi connectivity index (χ1n) is 7.37. The van der Waals surface area contributed by atoms with Crippen LogP contribution in [0.3, 0.4) is 0 Å². The van der Waals surface area contributed by atoms with Crippen molar-refractivity contribution in [2.45, 2.75) is 51.3 Å². The van der Waals surface area contributed by atoms with E-state index in [9.17, 15) is 0 Å². The summed E-state index contributed by atoms with van der Waals surface area (Å²) in [4.78, 5) is 0. The summed E-state index contributed by atoms with van der Waals surface area (Å²) in [7, 11) is 0. The van der Waals surface area contributed by atoms with Crippen LogP contribution in [0.15, 0.2) is 18.5 Å². The van der Waals surface area contributed by atoms with Crippen LogP contribution < -0.4 is 5.32 Å². The molecule has 1 saturated carbocycles. The third-order valence-electron chi connectivity index (χ3n) is 4.09. The Morgan fingerprint density at radius 1 is 1.44 bits per heavy atom. The molecule has 1 N–H and O–H groups in total. The van der Waals surface area contributed by atoms with Gasteiger partial charge < -0.3 is 14.6 Å². The summed E-state index contributed by atoms with van der Waals surface area (Å²) in [6.45, 7) is 5.21. The number of hydrogen-bond donors (Lipinski definition) is 1. The molecule has 3 rings (SSSR count). The van der Waals surface area contributed by atoms with E-state index in [1.54, 1.807) is 0 Å². The van der Waals surface area contributed by atoms with Crippen LogP contribution in [0, 0.1) is 5.92 Å². The van der Waals surface area contributed by atoms with Gasteiger partial charge in [0.15, 0.2) is 0 Å². The molecule has 1 aromatic rings. The molecule has 1 aromatic heterocycles. The van der Waals surface area contributed by atoms with Crippen molar-refractivity contribution in [1.29, 1.82) is 0 Å². The Kier molecular flexibility index (Phi) is 3.71. The lowest BCUT2D eigenvalue weighted by Gasteiger charge is -2.16. The lowest BCUT2D eigenvalue weighted by atomic mass is 10.1. The molecule has 0 aromatic carbocycles. The van der Waals surface area contributed by atoms with E-state index < -0.39 is 0 Å². The topological polar surface area (TPSA) is 26.2 Å². The van der Waals surface area contributed by atoms with Crippen LogP contribution in [0.2, 0.25) is 0 Å². The molecule has 1 aliphatic carbocycles. The molecule has 0 radical (unpaired) electrons. The molecular weight excluding hydrogens is 224 g/mol. The summed E-state index contributed by atoms with van der Waals surface area (Å²) >= 11 is 0. The summed E-state index contributed by atoms with van der Waals surface area (Å²) in [5.74, 6) is 0.864. The summed E-state index contributed by atoms with van der Waals surface area (Å²) in [5.41, 5.74) is 1.46. The van der Waals surface area contributed by atoms with Crippen molar-refractivity contribution in [3.63, 3.8) is 0 Å². The van der Waals surface area contributed by atoms with Gasteiger partial charge in [0, 0.05) is 31.6 Å². The van der Waals surface area contributed by atoms with E-state index in [1.807, 2.05) is 0 Å². The number of nitrogens with one attached hydrogen (secondary N) is 1. The highest BCUT2D eigenvalue weighted by molar-refractivity contribution is 5.18. The van der Waals surface area contributed by atoms with Crippen LogP contribution in [0.5, 0.6) is 0 Å². The van der Waals surface area contributed by atoms with Gasteiger partial charge >= 0.3 is 0 Å². The molecule has 100 valence electrons. The molecule has 2 heterocycles. The minimum atomic E-state index is 0.434. The van der Waals surface area contributed by atoms with Gasteiger partial charge in [0.1, 0.15) is 0 Å². The highest BCUT2D eigenvalue weighted by Crippen LogP contribution is 2.41. The molecule has 1 aliphatic heterocycles. The molecule has 2 unspecified atom stereocenters. The van der Waals surface area contributed by atoms with Gasteiger partial charge in [-0.05, 0) is 49.8 Å². The SMILES string of the molecule is CCNC(c1ccn(CC2CCCO2)c1)C1CC1. The van der Waals surface area contributed by atoms with Crippen LogP contribution >= 0.6 is 0 Å². The van der Waals surface area contributed by atoms with Crippen molar-refractivity contribution in [3.05, 3.63) is 24.0 Å². The van der Waals surface area contributed by atoms with Crippen molar-refractivity contribution >= 4 is 0 Å². The summed E-state index contributed by atoms with van der Waals surface area (Å²) in [6, 6.07) is 2.85. The zero-order chi connectivity index (χ0) is 12.4. The first kappa shape index (κ1) is 12.2. The van der Waals surface area contributed by atoms with E-state index >= 15 is 0 Å². The lowest BCUT2D eigenvalue weighted by molar-refractivity contribution is 0.0971. The monoisotopic (exact) mass is 248 g/mol. The predicted molar refractivity (Wildman–Crippen MR) is 72.5 cm³/mol. The average Bonchev–Trinajstić information content (AvgIpc) is 2.88. The molecule has 2 fully saturated rings. The number of hydrogen-bond acceptors (Lipinski definition) is 2. The minimum absolute atomic E-state index is 0.434. The molecule has 2 aliphatic rings. The smallest absolute Gasteiger partial charge is 0.0754 e. The molecule has 2 atom stereocenters. The Balaban J connectivity index is 1.63. The van der Waals surface area contributed by atoms with Gasteiger partial charge in [-0.25, -0.2) is 0 Å². The summed E-state index contributed by atoms with van der Waals surface area (Å²) < 4.78 is 8.00. The first-order valence-corrected chi connectivity index (χ1v) is 7.37. The molecule has 1 saturated heterocycles. The highest BCUT2D eigenvalue weighted by Gasteiger charge is 2.32. The first-order chi connectivity index (χ1) is 8.86. The van der Waals surface area contributed by atoms with E-state index in [-0.39, 0.29) is 0 Å². The highest BCUT2D eigenvalue weighted by atomic mass is 16.5. The van der Waals surface area contributed by atoms with Crippen LogP contribution in [0.1, 0.15) is 44.2 Å². The van der Waals surface area contributed by atoms with Crippen molar-refractivity contribution in [1.82, 2.24) is 9.88 Å². The predicted octanol–water partition coefficient (Wildman–Crippen LogP) is 2.73. The second kappa shape index (κ2) is 5.45. The van der Waals surface area contributed by atoms with Gasteiger partial charge in [0.25, 0.3) is 0 Å². The Bertz CT molecular complexity index is 378.